The van der Waals surface area contributed by atoms with Gasteiger partial charge in [0.05, 0.1) is 0 Å². The predicted octanol–water partition coefficient (Wildman–Crippen LogP) is 4.25. The molecule has 0 fully saturated rings. The van der Waals surface area contributed by atoms with E-state index in [0.29, 0.717) is 0 Å². The first-order chi connectivity index (χ1) is 8.77. The molecule has 1 aromatic heterocycles. The number of unbranched alkanes of at least 4 members (excludes halogenated alkanes) is 1. The zero-order chi connectivity index (χ0) is 12.8. The molecule has 2 aromatic rings. The van der Waals surface area contributed by atoms with Crippen molar-refractivity contribution in [3.8, 4) is 0 Å². The summed E-state index contributed by atoms with van der Waals surface area (Å²) >= 11 is 4.59. The topological polar surface area (TPSA) is 25.8 Å². The van der Waals surface area contributed by atoms with Crippen molar-refractivity contribution in [3.63, 3.8) is 0 Å². The lowest BCUT2D eigenvalue weighted by atomic mass is 10.1. The van der Waals surface area contributed by atoms with E-state index in [0.717, 1.165) is 20.2 Å². The van der Waals surface area contributed by atoms with Crippen LogP contribution in [0.25, 0.3) is 0 Å². The van der Waals surface area contributed by atoms with E-state index in [4.69, 9.17) is 0 Å². The third kappa shape index (κ3) is 4.15. The Morgan fingerprint density at radius 1 is 0.833 bits per heavy atom. The smallest absolute Gasteiger partial charge is 0.117 e. The Balaban J connectivity index is 1.82. The first kappa shape index (κ1) is 14.2. The van der Waals surface area contributed by atoms with Crippen LogP contribution >= 0.6 is 45.2 Å². The van der Waals surface area contributed by atoms with Crippen LogP contribution in [0.5, 0.6) is 0 Å². The van der Waals surface area contributed by atoms with Gasteiger partial charge in [0, 0.05) is 5.56 Å². The molecule has 0 N–H and O–H groups in total. The number of aromatic nitrogens is 2. The SMILES string of the molecule is Ic1ncnc(I)c1CCCCc1ccccc1. The summed E-state index contributed by atoms with van der Waals surface area (Å²) in [5.74, 6) is 0. The highest BCUT2D eigenvalue weighted by atomic mass is 127. The minimum absolute atomic E-state index is 1.07. The van der Waals surface area contributed by atoms with E-state index in [9.17, 15) is 0 Å². The van der Waals surface area contributed by atoms with Crippen molar-refractivity contribution < 1.29 is 0 Å². The van der Waals surface area contributed by atoms with Crippen molar-refractivity contribution in [3.05, 3.63) is 55.2 Å². The lowest BCUT2D eigenvalue weighted by Crippen LogP contribution is -1.99. The molecular weight excluding hydrogens is 450 g/mol. The van der Waals surface area contributed by atoms with Crippen molar-refractivity contribution in [2.45, 2.75) is 25.7 Å². The van der Waals surface area contributed by atoms with Gasteiger partial charge in [-0.3, -0.25) is 0 Å². The second-order valence-corrected chi connectivity index (χ2v) is 6.17. The lowest BCUT2D eigenvalue weighted by molar-refractivity contribution is 0.724. The van der Waals surface area contributed by atoms with Crippen molar-refractivity contribution >= 4 is 45.2 Å². The first-order valence-electron chi connectivity index (χ1n) is 5.96. The minimum Gasteiger partial charge on any atom is -0.230 e. The third-order valence-corrected chi connectivity index (χ3v) is 4.68. The lowest BCUT2D eigenvalue weighted by Gasteiger charge is -2.05. The summed E-state index contributed by atoms with van der Waals surface area (Å²) in [6, 6.07) is 10.7. The molecule has 2 rings (SSSR count). The molecule has 0 atom stereocenters. The van der Waals surface area contributed by atoms with E-state index in [1.54, 1.807) is 6.33 Å². The zero-order valence-corrected chi connectivity index (χ0v) is 14.3. The number of nitrogens with zero attached hydrogens (tertiary/aromatic N) is 2. The van der Waals surface area contributed by atoms with Crippen LogP contribution in [-0.2, 0) is 12.8 Å². The van der Waals surface area contributed by atoms with Gasteiger partial charge in [-0.1, -0.05) is 30.3 Å². The van der Waals surface area contributed by atoms with Crippen LogP contribution in [0.15, 0.2) is 36.7 Å². The second-order valence-electron chi connectivity index (χ2n) is 4.13. The predicted molar refractivity (Wildman–Crippen MR) is 90.6 cm³/mol. The Kier molecular flexibility index (Phi) is 5.81. The Morgan fingerprint density at radius 2 is 1.44 bits per heavy atom. The summed E-state index contributed by atoms with van der Waals surface area (Å²) in [7, 11) is 0. The van der Waals surface area contributed by atoms with Gasteiger partial charge in [0.15, 0.2) is 0 Å². The maximum absolute atomic E-state index is 4.25. The van der Waals surface area contributed by atoms with Gasteiger partial charge in [0.2, 0.25) is 0 Å². The van der Waals surface area contributed by atoms with E-state index < -0.39 is 0 Å². The highest BCUT2D eigenvalue weighted by molar-refractivity contribution is 14.1. The molecule has 0 aliphatic carbocycles. The fraction of sp³-hybridized carbons (Fsp3) is 0.286. The molecule has 0 bridgehead atoms. The Labute approximate surface area is 135 Å². The summed E-state index contributed by atoms with van der Waals surface area (Å²) in [6.45, 7) is 0. The van der Waals surface area contributed by atoms with Crippen LogP contribution in [0.3, 0.4) is 0 Å². The van der Waals surface area contributed by atoms with Crippen LogP contribution in [-0.4, -0.2) is 9.97 Å². The van der Waals surface area contributed by atoms with Gasteiger partial charge in [-0.15, -0.1) is 0 Å². The number of halogens is 2. The standard InChI is InChI=1S/C14H14I2N2/c15-13-12(14(16)18-10-17-13)9-5-4-8-11-6-2-1-3-7-11/h1-3,6-7,10H,4-5,8-9H2. The van der Waals surface area contributed by atoms with Crippen LogP contribution in [0.1, 0.15) is 24.0 Å². The second kappa shape index (κ2) is 7.37. The van der Waals surface area contributed by atoms with Gasteiger partial charge in [-0.2, -0.15) is 0 Å². The largest absolute Gasteiger partial charge is 0.230 e. The van der Waals surface area contributed by atoms with Crippen LogP contribution in [0, 0.1) is 7.40 Å². The minimum atomic E-state index is 1.07. The normalized spacial score (nSPS) is 10.6. The third-order valence-electron chi connectivity index (χ3n) is 2.83. The van der Waals surface area contributed by atoms with Crippen molar-refractivity contribution in [1.29, 1.82) is 0 Å². The molecule has 0 spiro atoms. The molecule has 0 unspecified atom stereocenters. The number of hydrogen-bond donors (Lipinski definition) is 0. The molecule has 0 saturated carbocycles. The van der Waals surface area contributed by atoms with Crippen LogP contribution in [0.4, 0.5) is 0 Å². The fourth-order valence-electron chi connectivity index (χ4n) is 1.85. The number of aryl methyl sites for hydroxylation is 1. The molecule has 4 heteroatoms. The molecule has 0 radical (unpaired) electrons. The van der Waals surface area contributed by atoms with E-state index >= 15 is 0 Å². The molecule has 0 amide bonds. The van der Waals surface area contributed by atoms with Gasteiger partial charge < -0.3 is 0 Å². The average molecular weight is 464 g/mol. The molecule has 0 aliphatic heterocycles. The molecule has 1 aromatic carbocycles. The van der Waals surface area contributed by atoms with Crippen molar-refractivity contribution in [1.82, 2.24) is 9.97 Å². The zero-order valence-electron chi connectivity index (χ0n) is 9.94. The quantitative estimate of drug-likeness (QED) is 0.376. The number of rotatable bonds is 5. The van der Waals surface area contributed by atoms with Gasteiger partial charge in [0.1, 0.15) is 13.7 Å². The molecule has 0 aliphatic rings. The molecule has 18 heavy (non-hydrogen) atoms. The first-order valence-corrected chi connectivity index (χ1v) is 8.12. The summed E-state index contributed by atoms with van der Waals surface area (Å²) in [5, 5.41) is 0. The molecule has 1 heterocycles. The van der Waals surface area contributed by atoms with Gasteiger partial charge in [-0.05, 0) is 76.4 Å². The number of benzene rings is 1. The van der Waals surface area contributed by atoms with E-state index in [-0.39, 0.29) is 0 Å². The highest BCUT2D eigenvalue weighted by Gasteiger charge is 2.06. The van der Waals surface area contributed by atoms with Crippen molar-refractivity contribution in [2.24, 2.45) is 0 Å². The van der Waals surface area contributed by atoms with Crippen LogP contribution < -0.4 is 0 Å². The van der Waals surface area contributed by atoms with Crippen LogP contribution in [0.2, 0.25) is 0 Å². The van der Waals surface area contributed by atoms with Crippen molar-refractivity contribution in [2.75, 3.05) is 0 Å². The summed E-state index contributed by atoms with van der Waals surface area (Å²) < 4.78 is 2.18. The fourth-order valence-corrected chi connectivity index (χ4v) is 3.67. The molecule has 94 valence electrons. The molecular formula is C14H14I2N2. The Morgan fingerprint density at radius 3 is 2.11 bits per heavy atom. The highest BCUT2D eigenvalue weighted by Crippen LogP contribution is 2.17. The molecule has 2 nitrogen and oxygen atoms in total. The van der Waals surface area contributed by atoms with E-state index in [2.05, 4.69) is 85.5 Å². The van der Waals surface area contributed by atoms with E-state index in [1.807, 2.05) is 0 Å². The monoisotopic (exact) mass is 464 g/mol. The molecule has 0 saturated heterocycles. The number of hydrogen-bond acceptors (Lipinski definition) is 2. The maximum Gasteiger partial charge on any atom is 0.117 e. The van der Waals surface area contributed by atoms with Gasteiger partial charge >= 0.3 is 0 Å². The maximum atomic E-state index is 4.25. The Bertz CT molecular complexity index is 480. The summed E-state index contributed by atoms with van der Waals surface area (Å²) in [6.07, 6.45) is 6.27. The average Bonchev–Trinajstić information content (AvgIpc) is 2.38. The summed E-state index contributed by atoms with van der Waals surface area (Å²) in [4.78, 5) is 8.50. The van der Waals surface area contributed by atoms with Gasteiger partial charge in [0.25, 0.3) is 0 Å². The van der Waals surface area contributed by atoms with E-state index in [1.165, 1.54) is 24.0 Å². The van der Waals surface area contributed by atoms with Gasteiger partial charge in [-0.25, -0.2) is 9.97 Å². The summed E-state index contributed by atoms with van der Waals surface area (Å²) in [5.41, 5.74) is 2.72. The Hall–Kier alpha value is -0.240.